The van der Waals surface area contributed by atoms with E-state index >= 15 is 0 Å². The molecule has 3 aliphatic rings. The monoisotopic (exact) mass is 624 g/mol. The molecule has 3 aromatic heterocycles. The van der Waals surface area contributed by atoms with Gasteiger partial charge < -0.3 is 25.8 Å². The van der Waals surface area contributed by atoms with Crippen molar-refractivity contribution in [2.45, 2.75) is 102 Å². The predicted octanol–water partition coefficient (Wildman–Crippen LogP) is 5.28. The molecule has 240 valence electrons. The third-order valence-corrected chi connectivity index (χ3v) is 9.38. The van der Waals surface area contributed by atoms with E-state index in [2.05, 4.69) is 58.6 Å². The minimum atomic E-state index is -0.117. The first-order valence-electron chi connectivity index (χ1n) is 16.3. The van der Waals surface area contributed by atoms with E-state index in [0.29, 0.717) is 35.2 Å². The van der Waals surface area contributed by atoms with Crippen LogP contribution in [0.15, 0.2) is 41.1 Å². The molecular formula is C33H40N10O3. The van der Waals surface area contributed by atoms with Crippen LogP contribution in [0.1, 0.15) is 91.7 Å². The van der Waals surface area contributed by atoms with E-state index in [1.54, 1.807) is 26.1 Å². The Labute approximate surface area is 267 Å². The fraction of sp³-hybridized carbons (Fsp3) is 0.485. The van der Waals surface area contributed by atoms with Gasteiger partial charge in [0.05, 0.1) is 5.69 Å². The molecule has 2 saturated carbocycles. The molecule has 7 rings (SSSR count). The van der Waals surface area contributed by atoms with Gasteiger partial charge in [-0.3, -0.25) is 4.79 Å². The maximum absolute atomic E-state index is 12.9. The lowest BCUT2D eigenvalue weighted by atomic mass is 9.91. The fourth-order valence-electron chi connectivity index (χ4n) is 7.10. The van der Waals surface area contributed by atoms with Gasteiger partial charge in [0.1, 0.15) is 5.82 Å². The van der Waals surface area contributed by atoms with Crippen molar-refractivity contribution in [3.63, 3.8) is 0 Å². The largest absolute Gasteiger partial charge is 0.351 e. The second-order valence-electron chi connectivity index (χ2n) is 12.8. The van der Waals surface area contributed by atoms with Crippen LogP contribution in [0, 0.1) is 6.92 Å². The Bertz CT molecular complexity index is 1720. The van der Waals surface area contributed by atoms with Crippen molar-refractivity contribution < 1.29 is 14.1 Å². The van der Waals surface area contributed by atoms with Crippen molar-refractivity contribution in [2.75, 3.05) is 10.6 Å². The van der Waals surface area contributed by atoms with Gasteiger partial charge in [-0.05, 0) is 74.6 Å². The first-order chi connectivity index (χ1) is 22.4. The number of fused-ring (bicyclic) bond motifs is 1. The molecule has 2 fully saturated rings. The van der Waals surface area contributed by atoms with Crippen molar-refractivity contribution in [1.82, 2.24) is 40.5 Å². The second kappa shape index (κ2) is 12.9. The Morgan fingerprint density at radius 3 is 2.39 bits per heavy atom. The van der Waals surface area contributed by atoms with Crippen molar-refractivity contribution in [2.24, 2.45) is 0 Å². The summed E-state index contributed by atoms with van der Waals surface area (Å²) in [5.41, 5.74) is 4.34. The Morgan fingerprint density at radius 2 is 1.63 bits per heavy atom. The lowest BCUT2D eigenvalue weighted by Crippen LogP contribution is -2.48. The molecule has 4 aromatic rings. The number of aryl methyl sites for hydroxylation is 1. The standard InChI is InChI=1S/C33H40N10O3/c1-19-35-31(42-46-19)23-8-7-22-16-27(17-24(22)15-23)38-33(45)37-26-11-9-25(10-12-26)36-32-34-14-13-29(40-32)39-30-18-28(21-5-3-4-6-21)43(41-30)20(2)44/h7-8,13-15,18,21,25-27H,3-6,9-12,16-17H2,1-2H3,(H2,37,38,45)(H2,34,36,39,40,41)/t25-,26-,27?. The molecule has 0 saturated heterocycles. The summed E-state index contributed by atoms with van der Waals surface area (Å²) in [6.45, 7) is 3.32. The van der Waals surface area contributed by atoms with E-state index in [9.17, 15) is 9.59 Å². The number of anilines is 3. The normalized spacial score (nSPS) is 21.1. The smallest absolute Gasteiger partial charge is 0.315 e. The Hall–Kier alpha value is -4.81. The van der Waals surface area contributed by atoms with E-state index < -0.39 is 0 Å². The maximum atomic E-state index is 12.9. The van der Waals surface area contributed by atoms with Crippen molar-refractivity contribution in [1.29, 1.82) is 0 Å². The summed E-state index contributed by atoms with van der Waals surface area (Å²) < 4.78 is 6.64. The highest BCUT2D eigenvalue weighted by Gasteiger charge is 2.27. The predicted molar refractivity (Wildman–Crippen MR) is 172 cm³/mol. The van der Waals surface area contributed by atoms with Crippen molar-refractivity contribution in [3.05, 3.63) is 59.2 Å². The van der Waals surface area contributed by atoms with Crippen LogP contribution in [-0.4, -0.2) is 60.0 Å². The van der Waals surface area contributed by atoms with Crippen LogP contribution < -0.4 is 21.3 Å². The second-order valence-corrected chi connectivity index (χ2v) is 12.8. The Morgan fingerprint density at radius 1 is 0.870 bits per heavy atom. The molecule has 1 atom stereocenters. The number of amides is 2. The third-order valence-electron chi connectivity index (χ3n) is 9.38. The molecule has 46 heavy (non-hydrogen) atoms. The molecule has 0 spiro atoms. The summed E-state index contributed by atoms with van der Waals surface area (Å²) in [7, 11) is 0. The molecule has 4 N–H and O–H groups in total. The van der Waals surface area contributed by atoms with E-state index in [-0.39, 0.29) is 30.1 Å². The highest BCUT2D eigenvalue weighted by Crippen LogP contribution is 2.35. The van der Waals surface area contributed by atoms with E-state index in [0.717, 1.165) is 62.6 Å². The molecule has 3 aliphatic carbocycles. The molecule has 0 aliphatic heterocycles. The van der Waals surface area contributed by atoms with Crippen LogP contribution in [0.5, 0.6) is 0 Å². The zero-order chi connectivity index (χ0) is 31.6. The van der Waals surface area contributed by atoms with Crippen LogP contribution in [0.25, 0.3) is 11.4 Å². The third kappa shape index (κ3) is 6.73. The van der Waals surface area contributed by atoms with E-state index in [1.165, 1.54) is 28.7 Å². The quantitative estimate of drug-likeness (QED) is 0.203. The maximum Gasteiger partial charge on any atom is 0.315 e. The van der Waals surface area contributed by atoms with E-state index in [4.69, 9.17) is 4.52 Å². The number of rotatable bonds is 8. The number of nitrogens with zero attached hydrogens (tertiary/aromatic N) is 6. The number of benzene rings is 1. The summed E-state index contributed by atoms with van der Waals surface area (Å²) in [4.78, 5) is 38.5. The van der Waals surface area contributed by atoms with Gasteiger partial charge in [-0.25, -0.2) is 14.5 Å². The molecular weight excluding hydrogens is 584 g/mol. The Kier molecular flexibility index (Phi) is 8.37. The summed E-state index contributed by atoms with van der Waals surface area (Å²) >= 11 is 0. The summed E-state index contributed by atoms with van der Waals surface area (Å²) in [6, 6.07) is 10.2. The van der Waals surface area contributed by atoms with Gasteiger partial charge in [0.25, 0.3) is 0 Å². The van der Waals surface area contributed by atoms with Gasteiger partial charge >= 0.3 is 6.03 Å². The average molecular weight is 625 g/mol. The molecule has 0 bridgehead atoms. The minimum absolute atomic E-state index is 0.0545. The number of carbonyl (C=O) groups is 2. The number of carbonyl (C=O) groups excluding carboxylic acids is 2. The van der Waals surface area contributed by atoms with Crippen molar-refractivity contribution in [3.8, 4) is 11.4 Å². The molecule has 13 nitrogen and oxygen atoms in total. The molecule has 1 unspecified atom stereocenters. The molecule has 2 amide bonds. The van der Waals surface area contributed by atoms with Crippen molar-refractivity contribution >= 4 is 29.5 Å². The number of nitrogens with one attached hydrogen (secondary N) is 4. The molecule has 13 heteroatoms. The summed E-state index contributed by atoms with van der Waals surface area (Å²) in [5.74, 6) is 3.17. The number of urea groups is 1. The lowest BCUT2D eigenvalue weighted by molar-refractivity contribution is 0.0916. The van der Waals surface area contributed by atoms with Gasteiger partial charge in [-0.2, -0.15) is 9.97 Å². The molecule has 0 radical (unpaired) electrons. The first-order valence-corrected chi connectivity index (χ1v) is 16.3. The molecule has 3 heterocycles. The first kappa shape index (κ1) is 29.9. The van der Waals surface area contributed by atoms with Crippen LogP contribution in [0.2, 0.25) is 0 Å². The summed E-state index contributed by atoms with van der Waals surface area (Å²) in [5, 5.41) is 21.6. The number of hydrogen-bond acceptors (Lipinski definition) is 10. The van der Waals surface area contributed by atoms with Crippen LogP contribution >= 0.6 is 0 Å². The number of aromatic nitrogens is 6. The fourth-order valence-corrected chi connectivity index (χ4v) is 7.10. The highest BCUT2D eigenvalue weighted by molar-refractivity contribution is 5.77. The van der Waals surface area contributed by atoms with Gasteiger partial charge in [-0.1, -0.05) is 30.1 Å². The van der Waals surface area contributed by atoms with Crippen LogP contribution in [0.3, 0.4) is 0 Å². The zero-order valence-electron chi connectivity index (χ0n) is 26.3. The topological polar surface area (TPSA) is 165 Å². The highest BCUT2D eigenvalue weighted by atomic mass is 16.5. The van der Waals surface area contributed by atoms with Gasteiger partial charge in [0.2, 0.25) is 23.6 Å². The van der Waals surface area contributed by atoms with Crippen LogP contribution in [-0.2, 0) is 12.8 Å². The summed E-state index contributed by atoms with van der Waals surface area (Å²) in [6.07, 6.45) is 11.4. The van der Waals surface area contributed by atoms with Gasteiger partial charge in [-0.15, -0.1) is 5.10 Å². The zero-order valence-corrected chi connectivity index (χ0v) is 26.3. The molecule has 1 aromatic carbocycles. The van der Waals surface area contributed by atoms with E-state index in [1.807, 2.05) is 12.1 Å². The Balaban J connectivity index is 0.873. The lowest BCUT2D eigenvalue weighted by Gasteiger charge is -2.30. The minimum Gasteiger partial charge on any atom is -0.351 e. The van der Waals surface area contributed by atoms with Gasteiger partial charge in [0.15, 0.2) is 5.82 Å². The average Bonchev–Trinajstić information content (AvgIpc) is 3.85. The number of hydrogen-bond donors (Lipinski definition) is 4. The van der Waals surface area contributed by atoms with Crippen LogP contribution in [0.4, 0.5) is 22.4 Å². The van der Waals surface area contributed by atoms with Gasteiger partial charge in [0, 0.05) is 55.7 Å². The SMILES string of the molecule is CC(=O)n1nc(Nc2ccnc(N[C@H]3CC[C@H](NC(=O)NC4Cc5ccc(-c6noc(C)n6)cc5C4)CC3)n2)cc1C1CCCC1.